The van der Waals surface area contributed by atoms with E-state index in [1.807, 2.05) is 0 Å². The van der Waals surface area contributed by atoms with Crippen LogP contribution in [0.25, 0.3) is 0 Å². The van der Waals surface area contributed by atoms with Crippen molar-refractivity contribution in [2.24, 2.45) is 0 Å². The van der Waals surface area contributed by atoms with Gasteiger partial charge in [-0.1, -0.05) is 11.6 Å². The van der Waals surface area contributed by atoms with Gasteiger partial charge in [0.25, 0.3) is 5.91 Å². The number of carbonyl (C=O) groups excluding carboxylic acids is 2. The maximum atomic E-state index is 12.0. The topological polar surface area (TPSA) is 83.1 Å². The second-order valence-electron chi connectivity index (χ2n) is 5.73. The van der Waals surface area contributed by atoms with Gasteiger partial charge in [0.05, 0.1) is 0 Å². The minimum Gasteiger partial charge on any atom is -0.486 e. The van der Waals surface area contributed by atoms with Gasteiger partial charge in [0, 0.05) is 16.8 Å². The summed E-state index contributed by atoms with van der Waals surface area (Å²) < 4.78 is 21.3. The summed E-state index contributed by atoms with van der Waals surface area (Å²) in [7, 11) is 0. The van der Waals surface area contributed by atoms with Gasteiger partial charge < -0.3 is 24.3 Å². The van der Waals surface area contributed by atoms with E-state index in [1.54, 1.807) is 42.5 Å². The molecule has 0 aromatic heterocycles. The number of ether oxygens (including phenoxy) is 4. The maximum absolute atomic E-state index is 12.0. The molecule has 0 bridgehead atoms. The number of esters is 1. The summed E-state index contributed by atoms with van der Waals surface area (Å²) in [4.78, 5) is 24.0. The molecule has 2 aromatic carbocycles. The van der Waals surface area contributed by atoms with Crippen molar-refractivity contribution in [3.05, 3.63) is 47.5 Å². The Morgan fingerprint density at radius 1 is 1.11 bits per heavy atom. The number of anilines is 1. The summed E-state index contributed by atoms with van der Waals surface area (Å²) >= 11 is 5.79. The Kier molecular flexibility index (Phi) is 6.03. The molecule has 7 nitrogen and oxygen atoms in total. The monoisotopic (exact) mass is 391 g/mol. The number of nitrogens with one attached hydrogen (secondary N) is 1. The van der Waals surface area contributed by atoms with Crippen LogP contribution in [0, 0.1) is 0 Å². The second-order valence-corrected chi connectivity index (χ2v) is 6.16. The largest absolute Gasteiger partial charge is 0.486 e. The van der Waals surface area contributed by atoms with E-state index >= 15 is 0 Å². The molecule has 1 N–H and O–H groups in total. The average Bonchev–Trinajstić information content (AvgIpc) is 2.67. The van der Waals surface area contributed by atoms with Gasteiger partial charge in [0.2, 0.25) is 0 Å². The third kappa shape index (κ3) is 5.27. The SMILES string of the molecule is C[C@@H](Oc1ccc(Cl)cc1)C(=O)OCC(=O)Nc1ccc2c(c1)OCCO2. The lowest BCUT2D eigenvalue weighted by Gasteiger charge is -2.19. The highest BCUT2D eigenvalue weighted by Crippen LogP contribution is 2.32. The molecule has 27 heavy (non-hydrogen) atoms. The normalized spacial score (nSPS) is 13.4. The summed E-state index contributed by atoms with van der Waals surface area (Å²) in [6.45, 7) is 2.05. The summed E-state index contributed by atoms with van der Waals surface area (Å²) in [5.41, 5.74) is 0.519. The fraction of sp³-hybridized carbons (Fsp3) is 0.263. The molecule has 142 valence electrons. The Labute approximate surface area is 161 Å². The van der Waals surface area contributed by atoms with Crippen LogP contribution in [-0.2, 0) is 14.3 Å². The second kappa shape index (κ2) is 8.64. The molecule has 8 heteroatoms. The minimum absolute atomic E-state index is 0.429. The van der Waals surface area contributed by atoms with Crippen LogP contribution in [0.15, 0.2) is 42.5 Å². The first-order valence-corrected chi connectivity index (χ1v) is 8.67. The molecule has 1 amide bonds. The van der Waals surface area contributed by atoms with Gasteiger partial charge in [-0.05, 0) is 43.3 Å². The number of rotatable bonds is 6. The van der Waals surface area contributed by atoms with E-state index in [-0.39, 0.29) is 0 Å². The molecular weight excluding hydrogens is 374 g/mol. The van der Waals surface area contributed by atoms with Crippen molar-refractivity contribution in [1.29, 1.82) is 0 Å². The van der Waals surface area contributed by atoms with Gasteiger partial charge in [0.15, 0.2) is 24.2 Å². The number of amides is 1. The first-order valence-electron chi connectivity index (χ1n) is 8.29. The molecule has 0 fully saturated rings. The van der Waals surface area contributed by atoms with E-state index in [0.29, 0.717) is 41.2 Å². The highest BCUT2D eigenvalue weighted by molar-refractivity contribution is 6.30. The number of hydrogen-bond donors (Lipinski definition) is 1. The van der Waals surface area contributed by atoms with Crippen LogP contribution in [0.3, 0.4) is 0 Å². The summed E-state index contributed by atoms with van der Waals surface area (Å²) in [6.07, 6.45) is -0.867. The van der Waals surface area contributed by atoms with Crippen molar-refractivity contribution in [2.45, 2.75) is 13.0 Å². The van der Waals surface area contributed by atoms with Gasteiger partial charge in [-0.2, -0.15) is 0 Å². The van der Waals surface area contributed by atoms with Crippen LogP contribution in [0.5, 0.6) is 17.2 Å². The maximum Gasteiger partial charge on any atom is 0.347 e. The molecular formula is C19H18ClNO6. The first-order chi connectivity index (χ1) is 13.0. The fourth-order valence-corrected chi connectivity index (χ4v) is 2.46. The van der Waals surface area contributed by atoms with Gasteiger partial charge in [-0.3, -0.25) is 4.79 Å². The number of carbonyl (C=O) groups is 2. The number of halogens is 1. The predicted molar refractivity (Wildman–Crippen MR) is 98.6 cm³/mol. The van der Waals surface area contributed by atoms with Crippen LogP contribution in [0.4, 0.5) is 5.69 Å². The van der Waals surface area contributed by atoms with E-state index < -0.39 is 24.6 Å². The number of hydrogen-bond acceptors (Lipinski definition) is 6. The van der Waals surface area contributed by atoms with Crippen LogP contribution < -0.4 is 19.5 Å². The van der Waals surface area contributed by atoms with E-state index in [2.05, 4.69) is 5.32 Å². The number of fused-ring (bicyclic) bond motifs is 1. The third-order valence-electron chi connectivity index (χ3n) is 3.63. The standard InChI is InChI=1S/C19H18ClNO6/c1-12(27-15-5-2-13(20)3-6-15)19(23)26-11-18(22)21-14-4-7-16-17(10-14)25-9-8-24-16/h2-7,10,12H,8-9,11H2,1H3,(H,21,22)/t12-/m1/s1. The zero-order chi connectivity index (χ0) is 19.2. The minimum atomic E-state index is -0.867. The fourth-order valence-electron chi connectivity index (χ4n) is 2.34. The van der Waals surface area contributed by atoms with Gasteiger partial charge >= 0.3 is 5.97 Å². The molecule has 0 unspecified atom stereocenters. The Hall–Kier alpha value is -2.93. The predicted octanol–water partition coefficient (Wildman–Crippen LogP) is 3.06. The Bertz CT molecular complexity index is 823. The quantitative estimate of drug-likeness (QED) is 0.762. The average molecular weight is 392 g/mol. The van der Waals surface area contributed by atoms with Crippen LogP contribution in [-0.4, -0.2) is 37.8 Å². The molecule has 1 heterocycles. The van der Waals surface area contributed by atoms with Crippen molar-refractivity contribution in [2.75, 3.05) is 25.1 Å². The smallest absolute Gasteiger partial charge is 0.347 e. The molecule has 1 aliphatic rings. The molecule has 0 aliphatic carbocycles. The molecule has 2 aromatic rings. The van der Waals surface area contributed by atoms with E-state index in [9.17, 15) is 9.59 Å². The Morgan fingerprint density at radius 2 is 1.81 bits per heavy atom. The molecule has 0 saturated heterocycles. The zero-order valence-corrected chi connectivity index (χ0v) is 15.3. The Balaban J connectivity index is 1.46. The molecule has 1 atom stereocenters. The van der Waals surface area contributed by atoms with Gasteiger partial charge in [-0.15, -0.1) is 0 Å². The van der Waals surface area contributed by atoms with Crippen molar-refractivity contribution < 1.29 is 28.5 Å². The van der Waals surface area contributed by atoms with Crippen LogP contribution >= 0.6 is 11.6 Å². The molecule has 0 saturated carbocycles. The summed E-state index contributed by atoms with van der Waals surface area (Å²) in [5.74, 6) is 0.533. The highest BCUT2D eigenvalue weighted by Gasteiger charge is 2.18. The third-order valence-corrected chi connectivity index (χ3v) is 3.88. The molecule has 0 radical (unpaired) electrons. The van der Waals surface area contributed by atoms with Crippen LogP contribution in [0.2, 0.25) is 5.02 Å². The lowest BCUT2D eigenvalue weighted by molar-refractivity contribution is -0.153. The highest BCUT2D eigenvalue weighted by atomic mass is 35.5. The first kappa shape index (κ1) is 18.8. The lowest BCUT2D eigenvalue weighted by Crippen LogP contribution is -2.29. The van der Waals surface area contributed by atoms with E-state index in [0.717, 1.165) is 0 Å². The van der Waals surface area contributed by atoms with Crippen molar-refractivity contribution in [3.8, 4) is 17.2 Å². The van der Waals surface area contributed by atoms with E-state index in [1.165, 1.54) is 6.92 Å². The molecule has 3 rings (SSSR count). The van der Waals surface area contributed by atoms with Gasteiger partial charge in [0.1, 0.15) is 19.0 Å². The number of benzene rings is 2. The zero-order valence-electron chi connectivity index (χ0n) is 14.6. The molecule has 1 aliphatic heterocycles. The molecule has 0 spiro atoms. The van der Waals surface area contributed by atoms with Crippen LogP contribution in [0.1, 0.15) is 6.92 Å². The summed E-state index contributed by atoms with van der Waals surface area (Å²) in [5, 5.41) is 3.20. The van der Waals surface area contributed by atoms with Crippen molar-refractivity contribution in [3.63, 3.8) is 0 Å². The Morgan fingerprint density at radius 3 is 2.56 bits per heavy atom. The van der Waals surface area contributed by atoms with Crippen molar-refractivity contribution in [1.82, 2.24) is 0 Å². The van der Waals surface area contributed by atoms with Crippen molar-refractivity contribution >= 4 is 29.2 Å². The van der Waals surface area contributed by atoms with Gasteiger partial charge in [-0.25, -0.2) is 4.79 Å². The lowest BCUT2D eigenvalue weighted by atomic mass is 10.2. The van der Waals surface area contributed by atoms with E-state index in [4.69, 9.17) is 30.5 Å². The summed E-state index contributed by atoms with van der Waals surface area (Å²) in [6, 6.07) is 11.6.